The highest BCUT2D eigenvalue weighted by Crippen LogP contribution is 2.29. The van der Waals surface area contributed by atoms with Gasteiger partial charge in [-0.15, -0.1) is 11.3 Å². The molecule has 0 aliphatic rings. The molecular weight excluding hydrogens is 258 g/mol. The lowest BCUT2D eigenvalue weighted by Crippen LogP contribution is -2.02. The SMILES string of the molecule is Cc1csc2c(NCc3ccccc3O)ncnc12. The number of fused-ring (bicyclic) bond motifs is 1. The van der Waals surface area contributed by atoms with Crippen molar-refractivity contribution in [3.63, 3.8) is 0 Å². The van der Waals surface area contributed by atoms with Gasteiger partial charge in [-0.25, -0.2) is 9.97 Å². The molecular formula is C14H13N3OS. The number of aryl methyl sites for hydroxylation is 1. The van der Waals surface area contributed by atoms with Crippen molar-refractivity contribution in [1.82, 2.24) is 9.97 Å². The van der Waals surface area contributed by atoms with Gasteiger partial charge in [-0.05, 0) is 23.9 Å². The van der Waals surface area contributed by atoms with Crippen molar-refractivity contribution in [3.8, 4) is 5.75 Å². The van der Waals surface area contributed by atoms with E-state index in [9.17, 15) is 5.11 Å². The van der Waals surface area contributed by atoms with E-state index >= 15 is 0 Å². The van der Waals surface area contributed by atoms with Crippen molar-refractivity contribution in [3.05, 3.63) is 47.1 Å². The Morgan fingerprint density at radius 3 is 2.95 bits per heavy atom. The highest BCUT2D eigenvalue weighted by Gasteiger charge is 2.08. The lowest BCUT2D eigenvalue weighted by Gasteiger charge is -2.07. The molecule has 0 aliphatic heterocycles. The van der Waals surface area contributed by atoms with Crippen LogP contribution in [0.3, 0.4) is 0 Å². The highest BCUT2D eigenvalue weighted by molar-refractivity contribution is 7.18. The number of hydrogen-bond donors (Lipinski definition) is 2. The Balaban J connectivity index is 1.88. The Morgan fingerprint density at radius 1 is 1.26 bits per heavy atom. The smallest absolute Gasteiger partial charge is 0.147 e. The number of nitrogens with one attached hydrogen (secondary N) is 1. The standard InChI is InChI=1S/C14H13N3OS/c1-9-7-19-13-12(9)16-8-17-14(13)15-6-10-4-2-3-5-11(10)18/h2-5,7-8,18H,6H2,1H3,(H,15,16,17). The molecule has 0 saturated carbocycles. The first-order valence-corrected chi connectivity index (χ1v) is 6.83. The molecule has 2 aromatic heterocycles. The number of phenolic OH excluding ortho intramolecular Hbond substituents is 1. The summed E-state index contributed by atoms with van der Waals surface area (Å²) in [5.41, 5.74) is 3.00. The van der Waals surface area contributed by atoms with Crippen LogP contribution in [0.4, 0.5) is 5.82 Å². The molecule has 19 heavy (non-hydrogen) atoms. The lowest BCUT2D eigenvalue weighted by atomic mass is 10.2. The second-order valence-corrected chi connectivity index (χ2v) is 5.18. The van der Waals surface area contributed by atoms with E-state index in [0.717, 1.165) is 27.2 Å². The first-order valence-electron chi connectivity index (χ1n) is 5.95. The zero-order valence-corrected chi connectivity index (χ0v) is 11.2. The molecule has 2 heterocycles. The van der Waals surface area contributed by atoms with Crippen molar-refractivity contribution in [2.75, 3.05) is 5.32 Å². The quantitative estimate of drug-likeness (QED) is 0.767. The molecule has 4 nitrogen and oxygen atoms in total. The molecule has 0 radical (unpaired) electrons. The van der Waals surface area contributed by atoms with Gasteiger partial charge in [0.15, 0.2) is 0 Å². The molecule has 96 valence electrons. The van der Waals surface area contributed by atoms with Gasteiger partial charge in [-0.2, -0.15) is 0 Å². The van der Waals surface area contributed by atoms with E-state index in [4.69, 9.17) is 0 Å². The number of rotatable bonds is 3. The maximum atomic E-state index is 9.74. The van der Waals surface area contributed by atoms with Gasteiger partial charge in [0, 0.05) is 12.1 Å². The summed E-state index contributed by atoms with van der Waals surface area (Å²) in [6.07, 6.45) is 1.56. The van der Waals surface area contributed by atoms with Crippen LogP contribution in [0.5, 0.6) is 5.75 Å². The molecule has 0 amide bonds. The summed E-state index contributed by atoms with van der Waals surface area (Å²) in [6.45, 7) is 2.58. The molecule has 0 saturated heterocycles. The minimum absolute atomic E-state index is 0.294. The zero-order chi connectivity index (χ0) is 13.2. The Kier molecular flexibility index (Phi) is 3.05. The lowest BCUT2D eigenvalue weighted by molar-refractivity contribution is 0.469. The Morgan fingerprint density at radius 2 is 2.11 bits per heavy atom. The summed E-state index contributed by atoms with van der Waals surface area (Å²) < 4.78 is 1.05. The van der Waals surface area contributed by atoms with E-state index in [-0.39, 0.29) is 0 Å². The zero-order valence-electron chi connectivity index (χ0n) is 10.4. The fourth-order valence-corrected chi connectivity index (χ4v) is 2.90. The van der Waals surface area contributed by atoms with E-state index in [1.54, 1.807) is 23.7 Å². The van der Waals surface area contributed by atoms with E-state index in [1.807, 2.05) is 25.1 Å². The monoisotopic (exact) mass is 271 g/mol. The van der Waals surface area contributed by atoms with Crippen molar-refractivity contribution < 1.29 is 5.11 Å². The summed E-state index contributed by atoms with van der Waals surface area (Å²) in [4.78, 5) is 8.56. The summed E-state index contributed by atoms with van der Waals surface area (Å²) in [5.74, 6) is 1.11. The van der Waals surface area contributed by atoms with E-state index in [1.165, 1.54) is 0 Å². The molecule has 0 fully saturated rings. The van der Waals surface area contributed by atoms with Crippen LogP contribution in [-0.4, -0.2) is 15.1 Å². The number of aromatic hydroxyl groups is 1. The molecule has 2 N–H and O–H groups in total. The Labute approximate surface area is 114 Å². The van der Waals surface area contributed by atoms with Crippen molar-refractivity contribution in [2.24, 2.45) is 0 Å². The number of aromatic nitrogens is 2. The van der Waals surface area contributed by atoms with Gasteiger partial charge >= 0.3 is 0 Å². The number of para-hydroxylation sites is 1. The molecule has 0 unspecified atom stereocenters. The molecule has 1 aromatic carbocycles. The number of anilines is 1. The summed E-state index contributed by atoms with van der Waals surface area (Å²) >= 11 is 1.63. The number of hydrogen-bond acceptors (Lipinski definition) is 5. The van der Waals surface area contributed by atoms with E-state index < -0.39 is 0 Å². The third-order valence-electron chi connectivity index (χ3n) is 2.97. The van der Waals surface area contributed by atoms with E-state index in [0.29, 0.717) is 12.3 Å². The normalized spacial score (nSPS) is 10.8. The van der Waals surface area contributed by atoms with Crippen molar-refractivity contribution in [1.29, 1.82) is 0 Å². The van der Waals surface area contributed by atoms with Crippen molar-refractivity contribution >= 4 is 27.4 Å². The summed E-state index contributed by atoms with van der Waals surface area (Å²) in [5, 5.41) is 15.1. The molecule has 0 spiro atoms. The van der Waals surface area contributed by atoms with Crippen molar-refractivity contribution in [2.45, 2.75) is 13.5 Å². The third-order valence-corrected chi connectivity index (χ3v) is 4.06. The van der Waals surface area contributed by atoms with Gasteiger partial charge in [-0.1, -0.05) is 18.2 Å². The van der Waals surface area contributed by atoms with Gasteiger partial charge in [0.2, 0.25) is 0 Å². The molecule has 5 heteroatoms. The van der Waals surface area contributed by atoms with Crippen LogP contribution < -0.4 is 5.32 Å². The maximum absolute atomic E-state index is 9.74. The largest absolute Gasteiger partial charge is 0.508 e. The molecule has 3 aromatic rings. The van der Waals surface area contributed by atoms with Crippen LogP contribution in [0.25, 0.3) is 10.2 Å². The van der Waals surface area contributed by atoms with Crippen LogP contribution in [0.1, 0.15) is 11.1 Å². The number of benzene rings is 1. The van der Waals surface area contributed by atoms with Crippen LogP contribution >= 0.6 is 11.3 Å². The maximum Gasteiger partial charge on any atom is 0.147 e. The average Bonchev–Trinajstić information content (AvgIpc) is 2.81. The third kappa shape index (κ3) is 2.24. The van der Waals surface area contributed by atoms with Gasteiger partial charge in [-0.3, -0.25) is 0 Å². The molecule has 0 atom stereocenters. The number of phenols is 1. The van der Waals surface area contributed by atoms with Crippen LogP contribution in [-0.2, 0) is 6.54 Å². The molecule has 3 rings (SSSR count). The van der Waals surface area contributed by atoms with Crippen LogP contribution in [0.15, 0.2) is 36.0 Å². The topological polar surface area (TPSA) is 58.0 Å². The first-order chi connectivity index (χ1) is 9.25. The van der Waals surface area contributed by atoms with Gasteiger partial charge in [0.05, 0.1) is 10.2 Å². The second-order valence-electron chi connectivity index (χ2n) is 4.30. The minimum atomic E-state index is 0.294. The van der Waals surface area contributed by atoms with Crippen LogP contribution in [0.2, 0.25) is 0 Å². The Hall–Kier alpha value is -2.14. The molecule has 0 bridgehead atoms. The fraction of sp³-hybridized carbons (Fsp3) is 0.143. The summed E-state index contributed by atoms with van der Waals surface area (Å²) in [6, 6.07) is 7.29. The Bertz CT molecular complexity index is 724. The number of thiophene rings is 1. The molecule has 0 aliphatic carbocycles. The average molecular weight is 271 g/mol. The second kappa shape index (κ2) is 4.85. The van der Waals surface area contributed by atoms with Gasteiger partial charge in [0.1, 0.15) is 17.9 Å². The van der Waals surface area contributed by atoms with Crippen LogP contribution in [0, 0.1) is 6.92 Å². The van der Waals surface area contributed by atoms with Gasteiger partial charge < -0.3 is 10.4 Å². The predicted octanol–water partition coefficient (Wildman–Crippen LogP) is 3.32. The first kappa shape index (κ1) is 11.9. The predicted molar refractivity (Wildman–Crippen MR) is 77.6 cm³/mol. The minimum Gasteiger partial charge on any atom is -0.508 e. The number of nitrogens with zero attached hydrogens (tertiary/aromatic N) is 2. The van der Waals surface area contributed by atoms with E-state index in [2.05, 4.69) is 20.7 Å². The summed E-state index contributed by atoms with van der Waals surface area (Å²) in [7, 11) is 0. The fourth-order valence-electron chi connectivity index (χ4n) is 1.93. The highest BCUT2D eigenvalue weighted by atomic mass is 32.1. The van der Waals surface area contributed by atoms with Gasteiger partial charge in [0.25, 0.3) is 0 Å².